The van der Waals surface area contributed by atoms with E-state index >= 15 is 0 Å². The number of para-hydroxylation sites is 1. The third-order valence-corrected chi connectivity index (χ3v) is 9.60. The summed E-state index contributed by atoms with van der Waals surface area (Å²) in [4.78, 5) is 22.4. The van der Waals surface area contributed by atoms with E-state index in [1.807, 2.05) is 18.2 Å². The van der Waals surface area contributed by atoms with Gasteiger partial charge < -0.3 is 14.8 Å². The normalized spacial score (nSPS) is 22.4. The standard InChI is InChI=1S/C35H40FN3O/c1-24(25-9-5-4-6-10-25)23-32(40)39-22-19-30-29-11-7-8-12-31(29)37-34(30)35(39)20-17-27(18-21-35)33(38(2)3)26-13-15-28(36)16-14-26/h4-16,24,27,33,37H,17-23H2,1-3H3. The number of nitrogens with one attached hydrogen (secondary N) is 1. The third-order valence-electron chi connectivity index (χ3n) is 9.60. The van der Waals surface area contributed by atoms with Crippen molar-refractivity contribution in [2.75, 3.05) is 20.6 Å². The van der Waals surface area contributed by atoms with Crippen molar-refractivity contribution in [3.05, 3.63) is 107 Å². The fourth-order valence-electron chi connectivity index (χ4n) is 7.67. The van der Waals surface area contributed by atoms with E-state index in [0.717, 1.165) is 44.2 Å². The number of hydrogen-bond donors (Lipinski definition) is 1. The second kappa shape index (κ2) is 10.9. The minimum absolute atomic E-state index is 0.169. The molecule has 2 atom stereocenters. The highest BCUT2D eigenvalue weighted by atomic mass is 19.1. The fraction of sp³-hybridized carbons (Fsp3) is 0.400. The Morgan fingerprint density at radius 3 is 2.35 bits per heavy atom. The van der Waals surface area contributed by atoms with Crippen LogP contribution in [-0.2, 0) is 16.8 Å². The van der Waals surface area contributed by atoms with Gasteiger partial charge in [-0.15, -0.1) is 0 Å². The van der Waals surface area contributed by atoms with Gasteiger partial charge in [-0.2, -0.15) is 0 Å². The van der Waals surface area contributed by atoms with Crippen molar-refractivity contribution in [3.8, 4) is 0 Å². The first-order chi connectivity index (χ1) is 19.4. The Bertz CT molecular complexity index is 1470. The van der Waals surface area contributed by atoms with Crippen LogP contribution in [0.25, 0.3) is 10.9 Å². The first-order valence-electron chi connectivity index (χ1n) is 14.7. The molecule has 6 rings (SSSR count). The van der Waals surface area contributed by atoms with Gasteiger partial charge in [-0.25, -0.2) is 4.39 Å². The average Bonchev–Trinajstić information content (AvgIpc) is 3.36. The van der Waals surface area contributed by atoms with Crippen LogP contribution >= 0.6 is 0 Å². The molecule has 1 amide bonds. The van der Waals surface area contributed by atoms with Crippen LogP contribution in [0.2, 0.25) is 0 Å². The van der Waals surface area contributed by atoms with Crippen LogP contribution in [0.4, 0.5) is 4.39 Å². The summed E-state index contributed by atoms with van der Waals surface area (Å²) in [7, 11) is 4.24. The second-order valence-corrected chi connectivity index (χ2v) is 12.2. The lowest BCUT2D eigenvalue weighted by atomic mass is 9.68. The number of aromatic nitrogens is 1. The van der Waals surface area contributed by atoms with Crippen molar-refractivity contribution in [3.63, 3.8) is 0 Å². The molecule has 2 unspecified atom stereocenters. The summed E-state index contributed by atoms with van der Waals surface area (Å²) in [6.07, 6.45) is 5.26. The molecule has 1 aliphatic heterocycles. The van der Waals surface area contributed by atoms with E-state index in [1.54, 1.807) is 12.1 Å². The molecule has 1 fully saturated rings. The van der Waals surface area contributed by atoms with Crippen LogP contribution in [0.1, 0.15) is 73.4 Å². The zero-order chi connectivity index (χ0) is 27.9. The summed E-state index contributed by atoms with van der Waals surface area (Å²) in [5.41, 5.74) is 5.85. The maximum absolute atomic E-state index is 14.1. The van der Waals surface area contributed by atoms with E-state index in [2.05, 4.69) is 84.3 Å². The van der Waals surface area contributed by atoms with Gasteiger partial charge in [-0.1, -0.05) is 67.6 Å². The molecule has 208 valence electrons. The smallest absolute Gasteiger partial charge is 0.223 e. The van der Waals surface area contributed by atoms with Gasteiger partial charge in [0.05, 0.1) is 5.54 Å². The first-order valence-corrected chi connectivity index (χ1v) is 14.7. The lowest BCUT2D eigenvalue weighted by Crippen LogP contribution is -2.55. The highest BCUT2D eigenvalue weighted by Gasteiger charge is 2.49. The van der Waals surface area contributed by atoms with Crippen LogP contribution in [0.5, 0.6) is 0 Å². The monoisotopic (exact) mass is 537 g/mol. The van der Waals surface area contributed by atoms with E-state index in [-0.39, 0.29) is 29.2 Å². The van der Waals surface area contributed by atoms with Crippen molar-refractivity contribution in [1.82, 2.24) is 14.8 Å². The molecule has 1 aromatic heterocycles. The van der Waals surface area contributed by atoms with E-state index in [1.165, 1.54) is 27.7 Å². The fourth-order valence-corrected chi connectivity index (χ4v) is 7.67. The molecule has 2 aliphatic rings. The first kappa shape index (κ1) is 26.8. The Balaban J connectivity index is 1.33. The van der Waals surface area contributed by atoms with Crippen molar-refractivity contribution >= 4 is 16.8 Å². The molecular formula is C35H40FN3O. The molecule has 3 aromatic carbocycles. The van der Waals surface area contributed by atoms with Gasteiger partial charge in [0, 0.05) is 35.6 Å². The number of rotatable bonds is 6. The largest absolute Gasteiger partial charge is 0.356 e. The molecular weight excluding hydrogens is 497 g/mol. The Morgan fingerprint density at radius 1 is 0.975 bits per heavy atom. The van der Waals surface area contributed by atoms with Gasteiger partial charge in [0.2, 0.25) is 5.91 Å². The van der Waals surface area contributed by atoms with Crippen molar-refractivity contribution in [1.29, 1.82) is 0 Å². The van der Waals surface area contributed by atoms with E-state index in [9.17, 15) is 9.18 Å². The zero-order valence-corrected chi connectivity index (χ0v) is 23.9. The number of halogens is 1. The Labute approximate surface area is 237 Å². The van der Waals surface area contributed by atoms with Crippen molar-refractivity contribution in [2.45, 2.75) is 62.9 Å². The molecule has 0 bridgehead atoms. The second-order valence-electron chi connectivity index (χ2n) is 12.2. The van der Waals surface area contributed by atoms with Crippen LogP contribution in [0.15, 0.2) is 78.9 Å². The van der Waals surface area contributed by atoms with Gasteiger partial charge in [0.25, 0.3) is 0 Å². The molecule has 2 heterocycles. The predicted molar refractivity (Wildman–Crippen MR) is 160 cm³/mol. The summed E-state index contributed by atoms with van der Waals surface area (Å²) >= 11 is 0. The molecule has 1 saturated carbocycles. The SMILES string of the molecule is CC(CC(=O)N1CCc2c([nH]c3ccccc23)C12CCC(C(c1ccc(F)cc1)N(C)C)CC2)c1ccccc1. The number of carbonyl (C=O) groups is 1. The van der Waals surface area contributed by atoms with Gasteiger partial charge in [-0.05, 0) is 92.9 Å². The van der Waals surface area contributed by atoms with Gasteiger partial charge in [0.15, 0.2) is 0 Å². The van der Waals surface area contributed by atoms with Crippen molar-refractivity contribution < 1.29 is 9.18 Å². The van der Waals surface area contributed by atoms with Gasteiger partial charge in [-0.3, -0.25) is 4.79 Å². The summed E-state index contributed by atoms with van der Waals surface area (Å²) in [6.45, 7) is 2.93. The lowest BCUT2D eigenvalue weighted by molar-refractivity contribution is -0.142. The summed E-state index contributed by atoms with van der Waals surface area (Å²) in [5.74, 6) is 0.655. The Kier molecular flexibility index (Phi) is 7.26. The maximum atomic E-state index is 14.1. The summed E-state index contributed by atoms with van der Waals surface area (Å²) in [6, 6.07) is 26.2. The van der Waals surface area contributed by atoms with Crippen molar-refractivity contribution in [2.24, 2.45) is 5.92 Å². The van der Waals surface area contributed by atoms with E-state index in [0.29, 0.717) is 12.3 Å². The van der Waals surface area contributed by atoms with Crippen LogP contribution in [0, 0.1) is 11.7 Å². The third kappa shape index (κ3) is 4.75. The van der Waals surface area contributed by atoms with E-state index in [4.69, 9.17) is 0 Å². The summed E-state index contributed by atoms with van der Waals surface area (Å²) in [5, 5.41) is 1.29. The number of amides is 1. The molecule has 4 aromatic rings. The van der Waals surface area contributed by atoms with Crippen LogP contribution in [-0.4, -0.2) is 41.3 Å². The van der Waals surface area contributed by atoms with Crippen LogP contribution in [0.3, 0.4) is 0 Å². The highest BCUT2D eigenvalue weighted by molar-refractivity contribution is 5.87. The minimum atomic E-state index is -0.323. The number of aromatic amines is 1. The molecule has 0 radical (unpaired) electrons. The molecule has 1 aliphatic carbocycles. The van der Waals surface area contributed by atoms with Crippen LogP contribution < -0.4 is 0 Å². The highest BCUT2D eigenvalue weighted by Crippen LogP contribution is 2.51. The van der Waals surface area contributed by atoms with Gasteiger partial charge in [0.1, 0.15) is 5.82 Å². The quantitative estimate of drug-likeness (QED) is 0.275. The number of fused-ring (bicyclic) bond motifs is 4. The number of carbonyl (C=O) groups excluding carboxylic acids is 1. The van der Waals surface area contributed by atoms with E-state index < -0.39 is 0 Å². The lowest BCUT2D eigenvalue weighted by Gasteiger charge is -2.52. The predicted octanol–water partition coefficient (Wildman–Crippen LogP) is 7.57. The number of H-pyrrole nitrogens is 1. The molecule has 4 nitrogen and oxygen atoms in total. The number of hydrogen-bond acceptors (Lipinski definition) is 2. The van der Waals surface area contributed by atoms with Gasteiger partial charge >= 0.3 is 0 Å². The molecule has 5 heteroatoms. The Morgan fingerprint density at radius 2 is 1.65 bits per heavy atom. The zero-order valence-electron chi connectivity index (χ0n) is 23.9. The number of nitrogens with zero attached hydrogens (tertiary/aromatic N) is 2. The molecule has 1 N–H and O–H groups in total. The molecule has 0 saturated heterocycles. The maximum Gasteiger partial charge on any atom is 0.223 e. The minimum Gasteiger partial charge on any atom is -0.356 e. The molecule has 1 spiro atoms. The summed E-state index contributed by atoms with van der Waals surface area (Å²) < 4.78 is 13.7. The average molecular weight is 538 g/mol. The Hall–Kier alpha value is -3.44. The topological polar surface area (TPSA) is 39.3 Å². The molecule has 40 heavy (non-hydrogen) atoms. The number of benzene rings is 3.